The van der Waals surface area contributed by atoms with Crippen LogP contribution in [0, 0.1) is 5.92 Å². The molecule has 0 heterocycles. The number of thioether (sulfide) groups is 1. The molecule has 0 aromatic rings. The van der Waals surface area contributed by atoms with Gasteiger partial charge in [-0.05, 0) is 50.2 Å². The lowest BCUT2D eigenvalue weighted by atomic mass is 9.95. The first-order valence-corrected chi connectivity index (χ1v) is 8.14. The topological polar surface area (TPSA) is 49.3 Å². The summed E-state index contributed by atoms with van der Waals surface area (Å²) in [4.78, 5) is 11.2. The van der Waals surface area contributed by atoms with Gasteiger partial charge in [0, 0.05) is 0 Å². The molecule has 0 aliphatic carbocycles. The minimum atomic E-state index is -0.753. The molecule has 18 heavy (non-hydrogen) atoms. The van der Waals surface area contributed by atoms with E-state index in [1.54, 1.807) is 6.92 Å². The van der Waals surface area contributed by atoms with E-state index in [2.05, 4.69) is 19.2 Å². The Balaban J connectivity index is 3.65. The molecule has 0 spiro atoms. The molecule has 0 aromatic heterocycles. The van der Waals surface area contributed by atoms with Gasteiger partial charge >= 0.3 is 5.97 Å². The van der Waals surface area contributed by atoms with Crippen LogP contribution in [0.25, 0.3) is 0 Å². The summed E-state index contributed by atoms with van der Waals surface area (Å²) in [5.41, 5.74) is -0.753. The third-order valence-corrected chi connectivity index (χ3v) is 4.20. The molecule has 108 valence electrons. The predicted molar refractivity (Wildman–Crippen MR) is 80.3 cm³/mol. The quantitative estimate of drug-likeness (QED) is 0.568. The molecule has 0 saturated carbocycles. The maximum absolute atomic E-state index is 11.2. The molecule has 0 bridgehead atoms. The molecule has 2 N–H and O–H groups in total. The molecule has 1 unspecified atom stereocenters. The molecule has 0 aliphatic rings. The zero-order valence-electron chi connectivity index (χ0n) is 12.3. The van der Waals surface area contributed by atoms with Gasteiger partial charge in [-0.15, -0.1) is 0 Å². The zero-order chi connectivity index (χ0) is 14.0. The summed E-state index contributed by atoms with van der Waals surface area (Å²) >= 11 is 1.99. The van der Waals surface area contributed by atoms with E-state index in [0.717, 1.165) is 24.5 Å². The molecule has 4 heteroatoms. The Hall–Kier alpha value is -0.220. The fourth-order valence-corrected chi connectivity index (χ4v) is 3.02. The number of hydrogen-bond acceptors (Lipinski definition) is 3. The van der Waals surface area contributed by atoms with Crippen LogP contribution in [-0.2, 0) is 4.79 Å². The van der Waals surface area contributed by atoms with Crippen molar-refractivity contribution in [2.75, 3.05) is 18.1 Å². The Kier molecular flexibility index (Phi) is 9.56. The van der Waals surface area contributed by atoms with Crippen LogP contribution in [0.1, 0.15) is 53.4 Å². The second-order valence-corrected chi connectivity index (χ2v) is 6.64. The Morgan fingerprint density at radius 2 is 2.00 bits per heavy atom. The lowest BCUT2D eigenvalue weighted by molar-refractivity contribution is -0.144. The summed E-state index contributed by atoms with van der Waals surface area (Å²) in [6.45, 7) is 8.92. The second-order valence-electron chi connectivity index (χ2n) is 5.42. The van der Waals surface area contributed by atoms with Gasteiger partial charge in [-0.2, -0.15) is 11.8 Å². The fraction of sp³-hybridized carbons (Fsp3) is 0.929. The zero-order valence-corrected chi connectivity index (χ0v) is 13.1. The summed E-state index contributed by atoms with van der Waals surface area (Å²) < 4.78 is 0. The first-order valence-electron chi connectivity index (χ1n) is 6.98. The first-order chi connectivity index (χ1) is 8.42. The lowest BCUT2D eigenvalue weighted by Gasteiger charge is -2.25. The monoisotopic (exact) mass is 275 g/mol. The summed E-state index contributed by atoms with van der Waals surface area (Å²) in [5, 5.41) is 12.3. The molecule has 0 amide bonds. The van der Waals surface area contributed by atoms with Crippen LogP contribution in [0.15, 0.2) is 0 Å². The molecule has 0 saturated heterocycles. The normalized spacial score (nSPS) is 14.7. The van der Waals surface area contributed by atoms with Gasteiger partial charge in [0.25, 0.3) is 0 Å². The smallest absolute Gasteiger partial charge is 0.323 e. The van der Waals surface area contributed by atoms with Crippen LogP contribution >= 0.6 is 11.8 Å². The number of likely N-dealkylation sites (N-methyl/N-ethyl adjacent to an activating group) is 1. The molecule has 1 atom stereocenters. The van der Waals surface area contributed by atoms with E-state index in [1.165, 1.54) is 12.2 Å². The third kappa shape index (κ3) is 7.98. The van der Waals surface area contributed by atoms with Crippen molar-refractivity contribution in [3.63, 3.8) is 0 Å². The fourth-order valence-electron chi connectivity index (χ4n) is 1.76. The largest absolute Gasteiger partial charge is 0.480 e. The lowest BCUT2D eigenvalue weighted by Crippen LogP contribution is -2.49. The average molecular weight is 275 g/mol. The van der Waals surface area contributed by atoms with E-state index in [9.17, 15) is 9.90 Å². The first kappa shape index (κ1) is 17.8. The molecule has 0 rings (SSSR count). The van der Waals surface area contributed by atoms with Crippen LogP contribution in [0.5, 0.6) is 0 Å². The third-order valence-electron chi connectivity index (χ3n) is 3.09. The van der Waals surface area contributed by atoms with Gasteiger partial charge in [0.2, 0.25) is 0 Å². The molecule has 0 aliphatic heterocycles. The number of aliphatic carboxylic acids is 1. The van der Waals surface area contributed by atoms with Crippen molar-refractivity contribution in [1.82, 2.24) is 5.32 Å². The van der Waals surface area contributed by atoms with Crippen LogP contribution in [0.2, 0.25) is 0 Å². The summed E-state index contributed by atoms with van der Waals surface area (Å²) in [6, 6.07) is 0. The van der Waals surface area contributed by atoms with Gasteiger partial charge in [-0.25, -0.2) is 0 Å². The number of unbranched alkanes of at least 4 members (excludes halogenated alkanes) is 1. The predicted octanol–water partition coefficient (Wildman–Crippen LogP) is 3.39. The highest BCUT2D eigenvalue weighted by atomic mass is 32.2. The summed E-state index contributed by atoms with van der Waals surface area (Å²) in [6.07, 6.45) is 4.07. The van der Waals surface area contributed by atoms with Gasteiger partial charge < -0.3 is 10.4 Å². The standard InChI is InChI=1S/C14H29NO2S/c1-5-15-14(4,13(16)17)9-6-7-10-18-11-8-12(2)3/h12,15H,5-11H2,1-4H3,(H,16,17). The van der Waals surface area contributed by atoms with Crippen molar-refractivity contribution < 1.29 is 9.90 Å². The Labute approximate surface area is 116 Å². The van der Waals surface area contributed by atoms with E-state index in [0.29, 0.717) is 13.0 Å². The Morgan fingerprint density at radius 1 is 1.33 bits per heavy atom. The van der Waals surface area contributed by atoms with Crippen molar-refractivity contribution >= 4 is 17.7 Å². The maximum Gasteiger partial charge on any atom is 0.323 e. The second kappa shape index (κ2) is 9.68. The highest BCUT2D eigenvalue weighted by molar-refractivity contribution is 7.99. The van der Waals surface area contributed by atoms with Crippen molar-refractivity contribution in [3.05, 3.63) is 0 Å². The molecule has 3 nitrogen and oxygen atoms in total. The Bertz CT molecular complexity index is 234. The minimum absolute atomic E-state index is 0.700. The van der Waals surface area contributed by atoms with Gasteiger partial charge in [0.15, 0.2) is 0 Å². The van der Waals surface area contributed by atoms with Gasteiger partial charge in [-0.1, -0.05) is 27.2 Å². The number of carbonyl (C=O) groups is 1. The number of rotatable bonds is 11. The number of carboxylic acid groups (broad SMARTS) is 1. The SMILES string of the molecule is CCNC(C)(CCCCSCCC(C)C)C(=O)O. The molecular formula is C14H29NO2S. The maximum atomic E-state index is 11.2. The van der Waals surface area contributed by atoms with Gasteiger partial charge in [-0.3, -0.25) is 4.79 Å². The summed E-state index contributed by atoms with van der Waals surface area (Å²) in [7, 11) is 0. The van der Waals surface area contributed by atoms with Crippen molar-refractivity contribution in [2.24, 2.45) is 5.92 Å². The van der Waals surface area contributed by atoms with Crippen molar-refractivity contribution in [3.8, 4) is 0 Å². The van der Waals surface area contributed by atoms with Crippen LogP contribution in [0.4, 0.5) is 0 Å². The van der Waals surface area contributed by atoms with Crippen LogP contribution < -0.4 is 5.32 Å². The molecule has 0 fully saturated rings. The minimum Gasteiger partial charge on any atom is -0.480 e. The molecule has 0 radical (unpaired) electrons. The van der Waals surface area contributed by atoms with E-state index in [-0.39, 0.29) is 0 Å². The van der Waals surface area contributed by atoms with E-state index < -0.39 is 11.5 Å². The van der Waals surface area contributed by atoms with Crippen LogP contribution in [-0.4, -0.2) is 34.7 Å². The van der Waals surface area contributed by atoms with E-state index in [1.807, 2.05) is 18.7 Å². The Morgan fingerprint density at radius 3 is 2.50 bits per heavy atom. The van der Waals surface area contributed by atoms with Crippen molar-refractivity contribution in [1.29, 1.82) is 0 Å². The molecule has 0 aromatic carbocycles. The number of carboxylic acids is 1. The number of nitrogens with one attached hydrogen (secondary N) is 1. The highest BCUT2D eigenvalue weighted by Crippen LogP contribution is 2.17. The van der Waals surface area contributed by atoms with E-state index >= 15 is 0 Å². The van der Waals surface area contributed by atoms with E-state index in [4.69, 9.17) is 0 Å². The molecular weight excluding hydrogens is 246 g/mol. The van der Waals surface area contributed by atoms with Crippen molar-refractivity contribution in [2.45, 2.75) is 58.9 Å². The van der Waals surface area contributed by atoms with Gasteiger partial charge in [0.05, 0.1) is 0 Å². The number of hydrogen-bond donors (Lipinski definition) is 2. The average Bonchev–Trinajstić information content (AvgIpc) is 2.27. The van der Waals surface area contributed by atoms with Gasteiger partial charge in [0.1, 0.15) is 5.54 Å². The van der Waals surface area contributed by atoms with Crippen LogP contribution in [0.3, 0.4) is 0 Å². The summed E-state index contributed by atoms with van der Waals surface area (Å²) in [5.74, 6) is 2.41. The highest BCUT2D eigenvalue weighted by Gasteiger charge is 2.30.